The first-order valence-corrected chi connectivity index (χ1v) is 7.17. The van der Waals surface area contributed by atoms with Crippen LogP contribution in [0.25, 0.3) is 0 Å². The molecule has 0 bridgehead atoms. The molecule has 0 fully saturated rings. The van der Waals surface area contributed by atoms with Crippen molar-refractivity contribution in [1.29, 1.82) is 0 Å². The van der Waals surface area contributed by atoms with Crippen LogP contribution in [0.3, 0.4) is 0 Å². The van der Waals surface area contributed by atoms with Crippen molar-refractivity contribution in [2.24, 2.45) is 5.92 Å². The minimum atomic E-state index is 0.127. The van der Waals surface area contributed by atoms with Crippen LogP contribution in [-0.2, 0) is 17.8 Å². The maximum atomic E-state index is 11.5. The minimum absolute atomic E-state index is 0.127. The fraction of sp³-hybridized carbons (Fsp3) is 0.562. The molecule has 0 aliphatic carbocycles. The van der Waals surface area contributed by atoms with Gasteiger partial charge in [-0.3, -0.25) is 4.79 Å². The van der Waals surface area contributed by atoms with Crippen molar-refractivity contribution in [3.05, 3.63) is 35.4 Å². The molecule has 1 aromatic carbocycles. The molecule has 1 aromatic rings. The van der Waals surface area contributed by atoms with E-state index in [1.165, 1.54) is 11.1 Å². The molecule has 19 heavy (non-hydrogen) atoms. The highest BCUT2D eigenvalue weighted by atomic mass is 16.1. The third kappa shape index (κ3) is 6.97. The van der Waals surface area contributed by atoms with Gasteiger partial charge in [-0.05, 0) is 23.5 Å². The first kappa shape index (κ1) is 15.7. The Labute approximate surface area is 116 Å². The van der Waals surface area contributed by atoms with Gasteiger partial charge in [-0.15, -0.1) is 0 Å². The van der Waals surface area contributed by atoms with Gasteiger partial charge in [-0.2, -0.15) is 0 Å². The predicted molar refractivity (Wildman–Crippen MR) is 80.0 cm³/mol. The molecule has 3 nitrogen and oxygen atoms in total. The van der Waals surface area contributed by atoms with E-state index in [1.807, 2.05) is 0 Å². The van der Waals surface area contributed by atoms with E-state index in [1.54, 1.807) is 0 Å². The number of benzene rings is 1. The zero-order chi connectivity index (χ0) is 14.1. The van der Waals surface area contributed by atoms with Gasteiger partial charge < -0.3 is 10.6 Å². The van der Waals surface area contributed by atoms with E-state index >= 15 is 0 Å². The maximum Gasteiger partial charge on any atom is 0.221 e. The van der Waals surface area contributed by atoms with Crippen LogP contribution in [0.1, 0.15) is 38.3 Å². The monoisotopic (exact) mass is 262 g/mol. The van der Waals surface area contributed by atoms with Crippen LogP contribution in [0.15, 0.2) is 24.3 Å². The highest BCUT2D eigenvalue weighted by molar-refractivity contribution is 5.76. The van der Waals surface area contributed by atoms with Crippen molar-refractivity contribution in [3.63, 3.8) is 0 Å². The SMILES string of the molecule is CCc1ccc(CNCCC(=O)NCC(C)C)cc1. The summed E-state index contributed by atoms with van der Waals surface area (Å²) in [6.45, 7) is 8.65. The topological polar surface area (TPSA) is 41.1 Å². The van der Waals surface area contributed by atoms with Gasteiger partial charge in [0.25, 0.3) is 0 Å². The second-order valence-electron chi connectivity index (χ2n) is 5.29. The maximum absolute atomic E-state index is 11.5. The van der Waals surface area contributed by atoms with Crippen LogP contribution in [0.2, 0.25) is 0 Å². The van der Waals surface area contributed by atoms with Gasteiger partial charge in [0, 0.05) is 26.1 Å². The Kier molecular flexibility index (Phi) is 7.19. The van der Waals surface area contributed by atoms with E-state index in [-0.39, 0.29) is 5.91 Å². The molecule has 1 rings (SSSR count). The predicted octanol–water partition coefficient (Wildman–Crippen LogP) is 2.50. The Morgan fingerprint density at radius 1 is 1.16 bits per heavy atom. The Morgan fingerprint density at radius 3 is 2.37 bits per heavy atom. The Balaban J connectivity index is 2.14. The van der Waals surface area contributed by atoms with Crippen LogP contribution in [-0.4, -0.2) is 19.0 Å². The van der Waals surface area contributed by atoms with Crippen molar-refractivity contribution in [3.8, 4) is 0 Å². The number of carbonyl (C=O) groups excluding carboxylic acids is 1. The molecule has 3 heteroatoms. The van der Waals surface area contributed by atoms with Gasteiger partial charge in [0.2, 0.25) is 5.91 Å². The molecule has 0 aromatic heterocycles. The van der Waals surface area contributed by atoms with Crippen molar-refractivity contribution in [1.82, 2.24) is 10.6 Å². The summed E-state index contributed by atoms with van der Waals surface area (Å²) in [6, 6.07) is 8.61. The fourth-order valence-corrected chi connectivity index (χ4v) is 1.73. The molecule has 1 amide bonds. The van der Waals surface area contributed by atoms with Gasteiger partial charge in [0.15, 0.2) is 0 Å². The highest BCUT2D eigenvalue weighted by Crippen LogP contribution is 2.04. The lowest BCUT2D eigenvalue weighted by atomic mass is 10.1. The number of amides is 1. The number of hydrogen-bond acceptors (Lipinski definition) is 2. The zero-order valence-electron chi connectivity index (χ0n) is 12.3. The lowest BCUT2D eigenvalue weighted by Crippen LogP contribution is -2.30. The van der Waals surface area contributed by atoms with E-state index in [2.05, 4.69) is 55.7 Å². The second-order valence-corrected chi connectivity index (χ2v) is 5.29. The highest BCUT2D eigenvalue weighted by Gasteiger charge is 2.01. The molecule has 2 N–H and O–H groups in total. The summed E-state index contributed by atoms with van der Waals surface area (Å²) in [7, 11) is 0. The summed E-state index contributed by atoms with van der Waals surface area (Å²) >= 11 is 0. The molecule has 0 saturated carbocycles. The molecule has 0 saturated heterocycles. The molecule has 0 atom stereocenters. The van der Waals surface area contributed by atoms with Crippen LogP contribution >= 0.6 is 0 Å². The molecule has 0 aliphatic heterocycles. The molecular weight excluding hydrogens is 236 g/mol. The molecule has 0 heterocycles. The Hall–Kier alpha value is -1.35. The normalized spacial score (nSPS) is 10.7. The van der Waals surface area contributed by atoms with E-state index in [0.717, 1.165) is 26.1 Å². The van der Waals surface area contributed by atoms with Crippen molar-refractivity contribution < 1.29 is 4.79 Å². The first-order valence-electron chi connectivity index (χ1n) is 7.17. The smallest absolute Gasteiger partial charge is 0.221 e. The van der Waals surface area contributed by atoms with E-state index < -0.39 is 0 Å². The third-order valence-electron chi connectivity index (χ3n) is 3.00. The van der Waals surface area contributed by atoms with E-state index in [9.17, 15) is 4.79 Å². The van der Waals surface area contributed by atoms with E-state index in [4.69, 9.17) is 0 Å². The zero-order valence-corrected chi connectivity index (χ0v) is 12.3. The fourth-order valence-electron chi connectivity index (χ4n) is 1.73. The van der Waals surface area contributed by atoms with Crippen LogP contribution in [0.4, 0.5) is 0 Å². The van der Waals surface area contributed by atoms with Crippen molar-refractivity contribution in [2.45, 2.75) is 40.2 Å². The Bertz CT molecular complexity index is 371. The molecule has 0 spiro atoms. The minimum Gasteiger partial charge on any atom is -0.356 e. The lowest BCUT2D eigenvalue weighted by Gasteiger charge is -2.08. The van der Waals surface area contributed by atoms with E-state index in [0.29, 0.717) is 12.3 Å². The standard InChI is InChI=1S/C16H26N2O/c1-4-14-5-7-15(8-6-14)12-17-10-9-16(19)18-11-13(2)3/h5-8,13,17H,4,9-12H2,1-3H3,(H,18,19). The number of carbonyl (C=O) groups is 1. The number of hydrogen-bond donors (Lipinski definition) is 2. The number of aryl methyl sites for hydroxylation is 1. The average Bonchev–Trinajstić information content (AvgIpc) is 2.42. The first-order chi connectivity index (χ1) is 9.11. The van der Waals surface area contributed by atoms with Gasteiger partial charge >= 0.3 is 0 Å². The molecule has 106 valence electrons. The number of nitrogens with one attached hydrogen (secondary N) is 2. The average molecular weight is 262 g/mol. The summed E-state index contributed by atoms with van der Waals surface area (Å²) in [6.07, 6.45) is 1.61. The summed E-state index contributed by atoms with van der Waals surface area (Å²) < 4.78 is 0. The van der Waals surface area contributed by atoms with Crippen molar-refractivity contribution in [2.75, 3.05) is 13.1 Å². The van der Waals surface area contributed by atoms with Gasteiger partial charge in [-0.25, -0.2) is 0 Å². The summed E-state index contributed by atoms with van der Waals surface area (Å²) in [5.74, 6) is 0.636. The Morgan fingerprint density at radius 2 is 1.79 bits per heavy atom. The largest absolute Gasteiger partial charge is 0.356 e. The van der Waals surface area contributed by atoms with Gasteiger partial charge in [-0.1, -0.05) is 45.0 Å². The summed E-state index contributed by atoms with van der Waals surface area (Å²) in [4.78, 5) is 11.5. The van der Waals surface area contributed by atoms with Gasteiger partial charge in [0.1, 0.15) is 0 Å². The van der Waals surface area contributed by atoms with Crippen LogP contribution in [0.5, 0.6) is 0 Å². The second kappa shape index (κ2) is 8.70. The lowest BCUT2D eigenvalue weighted by molar-refractivity contribution is -0.121. The quantitative estimate of drug-likeness (QED) is 0.707. The van der Waals surface area contributed by atoms with Crippen molar-refractivity contribution >= 4 is 5.91 Å². The summed E-state index contributed by atoms with van der Waals surface area (Å²) in [5, 5.41) is 6.21. The molecule has 0 aliphatic rings. The molecule has 0 unspecified atom stereocenters. The molecular formula is C16H26N2O. The third-order valence-corrected chi connectivity index (χ3v) is 3.00. The summed E-state index contributed by atoms with van der Waals surface area (Å²) in [5.41, 5.74) is 2.62. The van der Waals surface area contributed by atoms with Crippen LogP contribution in [0, 0.1) is 5.92 Å². The molecule has 0 radical (unpaired) electrons. The van der Waals surface area contributed by atoms with Crippen LogP contribution < -0.4 is 10.6 Å². The number of rotatable bonds is 8. The van der Waals surface area contributed by atoms with Gasteiger partial charge in [0.05, 0.1) is 0 Å².